The zero-order valence-corrected chi connectivity index (χ0v) is 13.7. The average Bonchev–Trinajstić information content (AvgIpc) is 2.65. The average molecular weight is 309 g/mol. The zero-order chi connectivity index (χ0) is 15.6. The van der Waals surface area contributed by atoms with Gasteiger partial charge in [-0.15, -0.1) is 11.3 Å². The van der Waals surface area contributed by atoms with Crippen molar-refractivity contribution in [3.63, 3.8) is 0 Å². The first kappa shape index (κ1) is 16.0. The highest BCUT2D eigenvalue weighted by atomic mass is 32.1. The Morgan fingerprint density at radius 2 is 1.90 bits per heavy atom. The molecule has 21 heavy (non-hydrogen) atoms. The maximum absolute atomic E-state index is 12.3. The first-order valence-corrected chi connectivity index (χ1v) is 8.26. The molecule has 0 fully saturated rings. The number of aryl methyl sites for hydroxylation is 2. The van der Waals surface area contributed by atoms with Crippen molar-refractivity contribution in [3.05, 3.63) is 21.4 Å². The maximum atomic E-state index is 12.3. The van der Waals surface area contributed by atoms with Gasteiger partial charge in [0.15, 0.2) is 0 Å². The van der Waals surface area contributed by atoms with Gasteiger partial charge in [-0.25, -0.2) is 4.79 Å². The molecule has 5 heteroatoms. The van der Waals surface area contributed by atoms with Gasteiger partial charge < -0.3 is 10.4 Å². The van der Waals surface area contributed by atoms with Gasteiger partial charge in [0.25, 0.3) is 5.91 Å². The Morgan fingerprint density at radius 3 is 2.52 bits per heavy atom. The number of carbonyl (C=O) groups is 2. The van der Waals surface area contributed by atoms with Crippen molar-refractivity contribution in [3.8, 4) is 0 Å². The SMILES string of the molecule is CC(C)(C)[C@@H](NC(=O)c1cc2c(s1)CCCCC2)C(=O)O. The number of thiophene rings is 1. The lowest BCUT2D eigenvalue weighted by atomic mass is 9.87. The molecule has 0 radical (unpaired) electrons. The van der Waals surface area contributed by atoms with Crippen molar-refractivity contribution in [2.45, 2.75) is 58.9 Å². The summed E-state index contributed by atoms with van der Waals surface area (Å²) in [4.78, 5) is 25.6. The zero-order valence-electron chi connectivity index (χ0n) is 12.9. The van der Waals surface area contributed by atoms with E-state index in [1.807, 2.05) is 26.8 Å². The van der Waals surface area contributed by atoms with Crippen molar-refractivity contribution >= 4 is 23.2 Å². The molecule has 0 aromatic carbocycles. The summed E-state index contributed by atoms with van der Waals surface area (Å²) in [7, 11) is 0. The summed E-state index contributed by atoms with van der Waals surface area (Å²) in [6.45, 7) is 5.45. The van der Waals surface area contributed by atoms with Crippen LogP contribution in [-0.4, -0.2) is 23.0 Å². The fraction of sp³-hybridized carbons (Fsp3) is 0.625. The molecular weight excluding hydrogens is 286 g/mol. The Labute approximate surface area is 129 Å². The maximum Gasteiger partial charge on any atom is 0.326 e. The van der Waals surface area contributed by atoms with Gasteiger partial charge in [-0.3, -0.25) is 4.79 Å². The highest BCUT2D eigenvalue weighted by Crippen LogP contribution is 2.29. The number of hydrogen-bond acceptors (Lipinski definition) is 3. The number of carboxylic acids is 1. The third-order valence-electron chi connectivity index (χ3n) is 3.86. The summed E-state index contributed by atoms with van der Waals surface area (Å²) >= 11 is 1.52. The second kappa shape index (κ2) is 6.18. The molecule has 2 N–H and O–H groups in total. The molecule has 4 nitrogen and oxygen atoms in total. The third-order valence-corrected chi connectivity index (χ3v) is 5.09. The molecule has 1 heterocycles. The predicted octanol–water partition coefficient (Wildman–Crippen LogP) is 3.25. The van der Waals surface area contributed by atoms with E-state index in [-0.39, 0.29) is 5.91 Å². The number of carbonyl (C=O) groups excluding carboxylic acids is 1. The van der Waals surface area contributed by atoms with Crippen molar-refractivity contribution in [2.75, 3.05) is 0 Å². The van der Waals surface area contributed by atoms with E-state index in [2.05, 4.69) is 5.32 Å². The molecule has 0 saturated carbocycles. The first-order valence-electron chi connectivity index (χ1n) is 7.44. The lowest BCUT2D eigenvalue weighted by Crippen LogP contribution is -2.48. The number of fused-ring (bicyclic) bond motifs is 1. The Balaban J connectivity index is 2.15. The van der Waals surface area contributed by atoms with Crippen molar-refractivity contribution in [1.82, 2.24) is 5.32 Å². The van der Waals surface area contributed by atoms with E-state index in [1.54, 1.807) is 0 Å². The molecule has 0 saturated heterocycles. The van der Waals surface area contributed by atoms with Crippen molar-refractivity contribution < 1.29 is 14.7 Å². The van der Waals surface area contributed by atoms with Crippen molar-refractivity contribution in [2.24, 2.45) is 5.41 Å². The van der Waals surface area contributed by atoms with Crippen LogP contribution in [0.1, 0.15) is 60.1 Å². The van der Waals surface area contributed by atoms with Gasteiger partial charge in [-0.1, -0.05) is 27.2 Å². The molecule has 0 unspecified atom stereocenters. The lowest BCUT2D eigenvalue weighted by molar-refractivity contribution is -0.142. The summed E-state index contributed by atoms with van der Waals surface area (Å²) in [6, 6.07) is 1.06. The quantitative estimate of drug-likeness (QED) is 0.842. The van der Waals surface area contributed by atoms with Gasteiger partial charge in [0.1, 0.15) is 6.04 Å². The number of hydrogen-bond donors (Lipinski definition) is 2. The first-order chi connectivity index (χ1) is 9.79. The van der Waals surface area contributed by atoms with Gasteiger partial charge in [0.05, 0.1) is 4.88 Å². The van der Waals surface area contributed by atoms with Crippen LogP contribution in [0.5, 0.6) is 0 Å². The molecule has 0 aliphatic heterocycles. The highest BCUT2D eigenvalue weighted by Gasteiger charge is 2.33. The molecule has 0 spiro atoms. The van der Waals surface area contributed by atoms with Gasteiger partial charge >= 0.3 is 5.97 Å². The molecule has 1 atom stereocenters. The van der Waals surface area contributed by atoms with E-state index in [4.69, 9.17) is 0 Å². The van der Waals surface area contributed by atoms with Crippen LogP contribution in [0.2, 0.25) is 0 Å². The van der Waals surface area contributed by atoms with E-state index in [0.717, 1.165) is 12.8 Å². The minimum atomic E-state index is -0.992. The second-order valence-corrected chi connectivity index (χ2v) is 7.87. The van der Waals surface area contributed by atoms with Gasteiger partial charge in [-0.2, -0.15) is 0 Å². The van der Waals surface area contributed by atoms with E-state index < -0.39 is 17.4 Å². The molecule has 1 aliphatic carbocycles. The standard InChI is InChI=1S/C16H23NO3S/c1-16(2,3)13(15(19)20)17-14(18)12-9-10-7-5-4-6-8-11(10)21-12/h9,13H,4-8H2,1-3H3,(H,17,18)(H,19,20)/t13-/m0/s1. The Hall–Kier alpha value is -1.36. The van der Waals surface area contributed by atoms with Gasteiger partial charge in [0, 0.05) is 4.88 Å². The summed E-state index contributed by atoms with van der Waals surface area (Å²) in [5.41, 5.74) is 0.751. The van der Waals surface area contributed by atoms with Crippen LogP contribution < -0.4 is 5.32 Å². The molecule has 1 aromatic rings. The fourth-order valence-electron chi connectivity index (χ4n) is 2.63. The number of aliphatic carboxylic acids is 1. The summed E-state index contributed by atoms with van der Waals surface area (Å²) in [5.74, 6) is -1.26. The predicted molar refractivity (Wildman–Crippen MR) is 83.9 cm³/mol. The fourth-order valence-corrected chi connectivity index (χ4v) is 3.79. The van der Waals surface area contributed by atoms with Crippen LogP contribution in [0.15, 0.2) is 6.07 Å². The van der Waals surface area contributed by atoms with E-state index >= 15 is 0 Å². The normalized spacial score (nSPS) is 16.7. The largest absolute Gasteiger partial charge is 0.480 e. The smallest absolute Gasteiger partial charge is 0.326 e. The van der Waals surface area contributed by atoms with Crippen LogP contribution in [0.4, 0.5) is 0 Å². The number of amides is 1. The summed E-state index contributed by atoms with van der Waals surface area (Å²) in [5, 5.41) is 12.0. The Kier molecular flexibility index (Phi) is 4.71. The molecular formula is C16H23NO3S. The third kappa shape index (κ3) is 3.84. The number of nitrogens with one attached hydrogen (secondary N) is 1. The van der Waals surface area contributed by atoms with Crippen LogP contribution >= 0.6 is 11.3 Å². The molecule has 116 valence electrons. The highest BCUT2D eigenvalue weighted by molar-refractivity contribution is 7.14. The molecule has 2 rings (SSSR count). The summed E-state index contributed by atoms with van der Waals surface area (Å²) < 4.78 is 0. The van der Waals surface area contributed by atoms with E-state index in [9.17, 15) is 14.7 Å². The number of carboxylic acid groups (broad SMARTS) is 1. The Bertz CT molecular complexity index is 519. The van der Waals surface area contributed by atoms with Gasteiger partial charge in [0.2, 0.25) is 0 Å². The Morgan fingerprint density at radius 1 is 1.24 bits per heavy atom. The second-order valence-electron chi connectivity index (χ2n) is 6.73. The number of rotatable bonds is 3. The lowest BCUT2D eigenvalue weighted by Gasteiger charge is -2.27. The molecule has 0 bridgehead atoms. The van der Waals surface area contributed by atoms with Gasteiger partial charge in [-0.05, 0) is 42.7 Å². The van der Waals surface area contributed by atoms with Crippen LogP contribution in [0.3, 0.4) is 0 Å². The minimum Gasteiger partial charge on any atom is -0.480 e. The van der Waals surface area contributed by atoms with Crippen molar-refractivity contribution in [1.29, 1.82) is 0 Å². The minimum absolute atomic E-state index is 0.268. The van der Waals surface area contributed by atoms with E-state index in [1.165, 1.54) is 41.0 Å². The van der Waals surface area contributed by atoms with Crippen LogP contribution in [0.25, 0.3) is 0 Å². The molecule has 1 aromatic heterocycles. The van der Waals surface area contributed by atoms with E-state index in [0.29, 0.717) is 4.88 Å². The molecule has 1 amide bonds. The van der Waals surface area contributed by atoms with Crippen LogP contribution in [0, 0.1) is 5.41 Å². The molecule has 1 aliphatic rings. The monoisotopic (exact) mass is 309 g/mol. The van der Waals surface area contributed by atoms with Crippen LogP contribution in [-0.2, 0) is 17.6 Å². The topological polar surface area (TPSA) is 66.4 Å². The summed E-state index contributed by atoms with van der Waals surface area (Å²) in [6.07, 6.45) is 5.66.